The Morgan fingerprint density at radius 3 is 2.26 bits per heavy atom. The van der Waals surface area contributed by atoms with Crippen LogP contribution in [-0.2, 0) is 9.53 Å². The first-order chi connectivity index (χ1) is 18.2. The molecule has 0 unspecified atom stereocenters. The standard InChI is InChI=1S/C27H27Cl2N5O3S/c1-14(2)21-23(25(35)33-13-3-4-19(33)24(30)37-26(31)36)38-27-32-20(15-5-9-17(28)10-6-15)22(34(21)27)16-7-11-18(29)12-8-16/h5-12,14,19-20,22,30H,3-4,13H2,1-2H3,(H2,31,36)/t19-,20-,22+/m0/s1. The number of aliphatic imine (C=N–C) groups is 1. The predicted molar refractivity (Wildman–Crippen MR) is 150 cm³/mol. The second kappa shape index (κ2) is 10.6. The summed E-state index contributed by atoms with van der Waals surface area (Å²) in [7, 11) is 0. The highest BCUT2D eigenvalue weighted by molar-refractivity contribution is 8.18. The van der Waals surface area contributed by atoms with Gasteiger partial charge in [0.2, 0.25) is 5.90 Å². The molecule has 2 aromatic rings. The molecule has 3 heterocycles. The lowest BCUT2D eigenvalue weighted by Gasteiger charge is -2.32. The molecule has 0 spiro atoms. The number of carbonyl (C=O) groups is 2. The summed E-state index contributed by atoms with van der Waals surface area (Å²) in [5.74, 6) is -0.498. The minimum atomic E-state index is -1.05. The van der Waals surface area contributed by atoms with Gasteiger partial charge in [0.1, 0.15) is 17.0 Å². The minimum Gasteiger partial charge on any atom is -0.394 e. The Morgan fingerprint density at radius 1 is 1.08 bits per heavy atom. The maximum absolute atomic E-state index is 13.9. The van der Waals surface area contributed by atoms with E-state index in [1.165, 1.54) is 11.8 Å². The normalized spacial score (nSPS) is 22.7. The summed E-state index contributed by atoms with van der Waals surface area (Å²) in [4.78, 5) is 34.6. The molecular formula is C27H27Cl2N5O3S. The lowest BCUT2D eigenvalue weighted by molar-refractivity contribution is -0.126. The van der Waals surface area contributed by atoms with Crippen molar-refractivity contribution in [3.63, 3.8) is 0 Å². The zero-order valence-electron chi connectivity index (χ0n) is 20.9. The first kappa shape index (κ1) is 26.6. The predicted octanol–water partition coefficient (Wildman–Crippen LogP) is 6.13. The van der Waals surface area contributed by atoms with E-state index in [-0.39, 0.29) is 29.8 Å². The van der Waals surface area contributed by atoms with E-state index in [0.717, 1.165) is 22.0 Å². The number of allylic oxidation sites excluding steroid dienone is 1. The van der Waals surface area contributed by atoms with E-state index in [4.69, 9.17) is 44.1 Å². The summed E-state index contributed by atoms with van der Waals surface area (Å²) in [5.41, 5.74) is 8.04. The quantitative estimate of drug-likeness (QED) is 0.331. The lowest BCUT2D eigenvalue weighted by atomic mass is 9.92. The number of fused-ring (bicyclic) bond motifs is 1. The Labute approximate surface area is 235 Å². The zero-order chi connectivity index (χ0) is 27.1. The molecule has 3 aliphatic rings. The summed E-state index contributed by atoms with van der Waals surface area (Å²) in [5, 5.41) is 10.2. The van der Waals surface area contributed by atoms with Crippen LogP contribution >= 0.6 is 35.0 Å². The largest absolute Gasteiger partial charge is 0.411 e. The van der Waals surface area contributed by atoms with E-state index in [0.29, 0.717) is 34.3 Å². The van der Waals surface area contributed by atoms with Crippen LogP contribution in [0.5, 0.6) is 0 Å². The van der Waals surface area contributed by atoms with Crippen molar-refractivity contribution in [2.24, 2.45) is 16.6 Å². The molecule has 0 aromatic heterocycles. The van der Waals surface area contributed by atoms with Crippen molar-refractivity contribution < 1.29 is 14.3 Å². The number of amides is 2. The maximum Gasteiger partial charge on any atom is 0.411 e. The third-order valence-corrected chi connectivity index (χ3v) is 8.49. The van der Waals surface area contributed by atoms with Crippen molar-refractivity contribution in [2.75, 3.05) is 6.54 Å². The summed E-state index contributed by atoms with van der Waals surface area (Å²) in [6.07, 6.45) is 0.177. The van der Waals surface area contributed by atoms with Crippen LogP contribution in [0.2, 0.25) is 10.0 Å². The van der Waals surface area contributed by atoms with Gasteiger partial charge in [-0.2, -0.15) is 0 Å². The average molecular weight is 573 g/mol. The van der Waals surface area contributed by atoms with E-state index in [1.807, 2.05) is 48.5 Å². The number of hydrogen-bond donors (Lipinski definition) is 2. The molecule has 3 atom stereocenters. The zero-order valence-corrected chi connectivity index (χ0v) is 23.2. The lowest BCUT2D eigenvalue weighted by Crippen LogP contribution is -2.43. The van der Waals surface area contributed by atoms with Crippen molar-refractivity contribution in [1.82, 2.24) is 9.80 Å². The van der Waals surface area contributed by atoms with Gasteiger partial charge in [-0.1, -0.05) is 61.3 Å². The van der Waals surface area contributed by atoms with Crippen LogP contribution in [0.4, 0.5) is 4.79 Å². The van der Waals surface area contributed by atoms with E-state index in [2.05, 4.69) is 18.7 Å². The highest BCUT2D eigenvalue weighted by atomic mass is 35.5. The number of amidine groups is 1. The van der Waals surface area contributed by atoms with Crippen LogP contribution < -0.4 is 5.73 Å². The number of hydrogen-bond acceptors (Lipinski definition) is 7. The Balaban J connectivity index is 1.55. The maximum atomic E-state index is 13.9. The Kier molecular flexibility index (Phi) is 7.44. The first-order valence-corrected chi connectivity index (χ1v) is 13.9. The fraction of sp³-hybridized carbons (Fsp3) is 0.333. The van der Waals surface area contributed by atoms with Crippen LogP contribution in [0.15, 0.2) is 64.1 Å². The van der Waals surface area contributed by atoms with Gasteiger partial charge in [0, 0.05) is 22.3 Å². The molecule has 2 amide bonds. The number of thioether (sulfide) groups is 1. The van der Waals surface area contributed by atoms with Crippen LogP contribution in [0, 0.1) is 11.3 Å². The number of nitrogens with zero attached hydrogens (tertiary/aromatic N) is 3. The van der Waals surface area contributed by atoms with Gasteiger partial charge in [0.25, 0.3) is 5.91 Å². The van der Waals surface area contributed by atoms with E-state index < -0.39 is 12.1 Å². The third kappa shape index (κ3) is 4.90. The van der Waals surface area contributed by atoms with Crippen molar-refractivity contribution in [3.8, 4) is 0 Å². The number of primary amides is 1. The number of benzene rings is 2. The van der Waals surface area contributed by atoms with Gasteiger partial charge in [-0.05, 0) is 65.9 Å². The molecule has 3 aliphatic heterocycles. The fourth-order valence-electron chi connectivity index (χ4n) is 5.28. The Bertz CT molecular complexity index is 1340. The van der Waals surface area contributed by atoms with Gasteiger partial charge in [0.15, 0.2) is 5.17 Å². The van der Waals surface area contributed by atoms with Crippen LogP contribution in [-0.4, -0.2) is 45.5 Å². The van der Waals surface area contributed by atoms with Gasteiger partial charge >= 0.3 is 6.09 Å². The number of nitrogens with two attached hydrogens (primary N) is 1. The molecule has 2 aromatic carbocycles. The SMILES string of the molecule is CC(C)C1=C(C(=O)N2CCC[C@H]2C(=N)OC(N)=O)SC2=N[C@@H](c3ccc(Cl)cc3)[C@@H](c3ccc(Cl)cc3)N21. The summed E-state index contributed by atoms with van der Waals surface area (Å²) < 4.78 is 4.83. The number of nitrogens with one attached hydrogen (secondary N) is 1. The van der Waals surface area contributed by atoms with E-state index in [1.54, 1.807) is 4.90 Å². The smallest absolute Gasteiger partial charge is 0.394 e. The summed E-state index contributed by atoms with van der Waals surface area (Å²) in [6, 6.07) is 14.4. The van der Waals surface area contributed by atoms with Crippen LogP contribution in [0.3, 0.4) is 0 Å². The van der Waals surface area contributed by atoms with Crippen molar-refractivity contribution in [3.05, 3.63) is 80.3 Å². The molecule has 3 N–H and O–H groups in total. The van der Waals surface area contributed by atoms with E-state index >= 15 is 0 Å². The molecular weight excluding hydrogens is 545 g/mol. The molecule has 5 rings (SSSR count). The fourth-order valence-corrected chi connectivity index (χ4v) is 6.84. The van der Waals surface area contributed by atoms with Crippen LogP contribution in [0.1, 0.15) is 49.9 Å². The van der Waals surface area contributed by atoms with Gasteiger partial charge in [-0.3, -0.25) is 15.2 Å². The van der Waals surface area contributed by atoms with E-state index in [9.17, 15) is 9.59 Å². The molecule has 0 bridgehead atoms. The number of ether oxygens (including phenoxy) is 1. The molecule has 1 saturated heterocycles. The number of rotatable bonds is 5. The van der Waals surface area contributed by atoms with Crippen LogP contribution in [0.25, 0.3) is 0 Å². The molecule has 1 fully saturated rings. The minimum absolute atomic E-state index is 0.00953. The number of carbonyl (C=O) groups excluding carboxylic acids is 2. The number of halogens is 2. The second-order valence-corrected chi connectivity index (χ2v) is 11.5. The van der Waals surface area contributed by atoms with Gasteiger partial charge < -0.3 is 20.3 Å². The van der Waals surface area contributed by atoms with Crippen molar-refractivity contribution >= 4 is 58.0 Å². The highest BCUT2D eigenvalue weighted by Gasteiger charge is 2.48. The Morgan fingerprint density at radius 2 is 1.68 bits per heavy atom. The highest BCUT2D eigenvalue weighted by Crippen LogP contribution is 2.53. The Hall–Kier alpha value is -3.01. The molecule has 0 saturated carbocycles. The molecule has 8 nitrogen and oxygen atoms in total. The molecule has 11 heteroatoms. The number of likely N-dealkylation sites (tertiary alicyclic amines) is 1. The molecule has 0 radical (unpaired) electrons. The third-order valence-electron chi connectivity index (χ3n) is 6.91. The molecule has 198 valence electrons. The van der Waals surface area contributed by atoms with Gasteiger partial charge in [-0.25, -0.2) is 4.79 Å². The average Bonchev–Trinajstić information content (AvgIpc) is 3.58. The molecule has 38 heavy (non-hydrogen) atoms. The summed E-state index contributed by atoms with van der Waals surface area (Å²) >= 11 is 13.7. The van der Waals surface area contributed by atoms with Gasteiger partial charge in [-0.15, -0.1) is 0 Å². The van der Waals surface area contributed by atoms with Gasteiger partial charge in [0.05, 0.1) is 6.04 Å². The second-order valence-electron chi connectivity index (χ2n) is 9.69. The van der Waals surface area contributed by atoms with Crippen molar-refractivity contribution in [1.29, 1.82) is 5.41 Å². The molecule has 0 aliphatic carbocycles. The summed E-state index contributed by atoms with van der Waals surface area (Å²) in [6.45, 7) is 4.57. The van der Waals surface area contributed by atoms with Crippen molar-refractivity contribution in [2.45, 2.75) is 44.8 Å². The monoisotopic (exact) mass is 571 g/mol. The topological polar surface area (TPSA) is 112 Å². The first-order valence-electron chi connectivity index (χ1n) is 12.3.